The summed E-state index contributed by atoms with van der Waals surface area (Å²) in [6, 6.07) is 4.41. The molecule has 20 heavy (non-hydrogen) atoms. The third-order valence-corrected chi connectivity index (χ3v) is 2.97. The van der Waals surface area contributed by atoms with Crippen LogP contribution in [0.15, 0.2) is 18.3 Å². The van der Waals surface area contributed by atoms with E-state index in [0.717, 1.165) is 30.9 Å². The fraction of sp³-hybridized carbons (Fsp3) is 0.600. The van der Waals surface area contributed by atoms with Gasteiger partial charge in [-0.2, -0.15) is 0 Å². The number of hydrogen-bond acceptors (Lipinski definition) is 4. The molecule has 5 nitrogen and oxygen atoms in total. The molecule has 0 radical (unpaired) electrons. The van der Waals surface area contributed by atoms with Crippen molar-refractivity contribution in [2.75, 3.05) is 25.0 Å². The summed E-state index contributed by atoms with van der Waals surface area (Å²) in [6.07, 6.45) is 2.76. The molecule has 5 heteroatoms. The molecule has 0 saturated carbocycles. The normalized spacial score (nSPS) is 10.7. The van der Waals surface area contributed by atoms with Crippen LogP contribution in [0.3, 0.4) is 0 Å². The standard InChI is InChI=1S/C15H26N4O/c1-5-9-19(11-14(20)16-4)15-13(7-6-8-17-15)10-18-12(2)3/h6-8,12,18H,5,9-11H2,1-4H3,(H,16,20). The lowest BCUT2D eigenvalue weighted by Crippen LogP contribution is -2.37. The minimum atomic E-state index is 0.00636. The Morgan fingerprint density at radius 3 is 2.80 bits per heavy atom. The summed E-state index contributed by atoms with van der Waals surface area (Å²) in [4.78, 5) is 18.2. The third kappa shape index (κ3) is 5.17. The average Bonchev–Trinajstić information content (AvgIpc) is 2.44. The fourth-order valence-corrected chi connectivity index (χ4v) is 1.95. The Kier molecular flexibility index (Phi) is 7.01. The van der Waals surface area contributed by atoms with Gasteiger partial charge in [0, 0.05) is 37.9 Å². The van der Waals surface area contributed by atoms with Gasteiger partial charge in [-0.1, -0.05) is 26.8 Å². The highest BCUT2D eigenvalue weighted by Gasteiger charge is 2.14. The van der Waals surface area contributed by atoms with Crippen LogP contribution in [-0.2, 0) is 11.3 Å². The van der Waals surface area contributed by atoms with Crippen LogP contribution in [-0.4, -0.2) is 37.1 Å². The van der Waals surface area contributed by atoms with Crippen LogP contribution in [0.25, 0.3) is 0 Å². The highest BCUT2D eigenvalue weighted by molar-refractivity contribution is 5.80. The first-order chi connectivity index (χ1) is 9.58. The summed E-state index contributed by atoms with van der Waals surface area (Å²) in [5.74, 6) is 0.901. The zero-order chi connectivity index (χ0) is 15.0. The zero-order valence-corrected chi connectivity index (χ0v) is 12.9. The minimum Gasteiger partial charge on any atom is -0.358 e. The zero-order valence-electron chi connectivity index (χ0n) is 12.9. The molecule has 0 bridgehead atoms. The van der Waals surface area contributed by atoms with Gasteiger partial charge in [0.15, 0.2) is 0 Å². The van der Waals surface area contributed by atoms with Gasteiger partial charge in [0.1, 0.15) is 5.82 Å². The molecule has 0 aliphatic rings. The maximum atomic E-state index is 11.7. The van der Waals surface area contributed by atoms with E-state index in [-0.39, 0.29) is 5.91 Å². The van der Waals surface area contributed by atoms with Crippen molar-refractivity contribution in [2.45, 2.75) is 39.8 Å². The first-order valence-electron chi connectivity index (χ1n) is 7.21. The van der Waals surface area contributed by atoms with Crippen LogP contribution in [0.4, 0.5) is 5.82 Å². The van der Waals surface area contributed by atoms with E-state index in [1.54, 1.807) is 13.2 Å². The predicted molar refractivity (Wildman–Crippen MR) is 82.8 cm³/mol. The lowest BCUT2D eigenvalue weighted by Gasteiger charge is -2.25. The minimum absolute atomic E-state index is 0.00636. The van der Waals surface area contributed by atoms with Crippen molar-refractivity contribution in [3.63, 3.8) is 0 Å². The third-order valence-electron chi connectivity index (χ3n) is 2.97. The summed E-state index contributed by atoms with van der Waals surface area (Å²) in [6.45, 7) is 8.25. The van der Waals surface area contributed by atoms with Crippen molar-refractivity contribution in [1.82, 2.24) is 15.6 Å². The van der Waals surface area contributed by atoms with Crippen LogP contribution in [0.5, 0.6) is 0 Å². The number of rotatable bonds is 8. The van der Waals surface area contributed by atoms with Gasteiger partial charge in [-0.3, -0.25) is 4.79 Å². The molecule has 0 aliphatic carbocycles. The van der Waals surface area contributed by atoms with Gasteiger partial charge in [0.2, 0.25) is 5.91 Å². The van der Waals surface area contributed by atoms with Crippen LogP contribution in [0, 0.1) is 0 Å². The molecule has 0 spiro atoms. The van der Waals surface area contributed by atoms with Crippen molar-refractivity contribution in [3.8, 4) is 0 Å². The van der Waals surface area contributed by atoms with Gasteiger partial charge >= 0.3 is 0 Å². The monoisotopic (exact) mass is 278 g/mol. The van der Waals surface area contributed by atoms with Gasteiger partial charge in [0.05, 0.1) is 6.54 Å². The van der Waals surface area contributed by atoms with Crippen LogP contribution >= 0.6 is 0 Å². The molecule has 1 rings (SSSR count). The van der Waals surface area contributed by atoms with Crippen LogP contribution < -0.4 is 15.5 Å². The molecule has 1 aromatic rings. The predicted octanol–water partition coefficient (Wildman–Crippen LogP) is 1.54. The highest BCUT2D eigenvalue weighted by atomic mass is 16.1. The maximum absolute atomic E-state index is 11.7. The van der Waals surface area contributed by atoms with Crippen molar-refractivity contribution < 1.29 is 4.79 Å². The molecule has 0 unspecified atom stereocenters. The van der Waals surface area contributed by atoms with Crippen LogP contribution in [0.1, 0.15) is 32.8 Å². The summed E-state index contributed by atoms with van der Waals surface area (Å²) >= 11 is 0. The summed E-state index contributed by atoms with van der Waals surface area (Å²) < 4.78 is 0. The van der Waals surface area contributed by atoms with E-state index in [9.17, 15) is 4.79 Å². The molecule has 0 aromatic carbocycles. The fourth-order valence-electron chi connectivity index (χ4n) is 1.95. The molecule has 1 amide bonds. The number of carbonyl (C=O) groups excluding carboxylic acids is 1. The largest absolute Gasteiger partial charge is 0.358 e. The van der Waals surface area contributed by atoms with Gasteiger partial charge in [-0.15, -0.1) is 0 Å². The van der Waals surface area contributed by atoms with E-state index in [1.165, 1.54) is 0 Å². The van der Waals surface area contributed by atoms with Gasteiger partial charge in [-0.05, 0) is 12.5 Å². The van der Waals surface area contributed by atoms with Crippen LogP contribution in [0.2, 0.25) is 0 Å². The number of carbonyl (C=O) groups is 1. The van der Waals surface area contributed by atoms with E-state index in [1.807, 2.05) is 11.0 Å². The first kappa shape index (κ1) is 16.4. The molecule has 1 heterocycles. The lowest BCUT2D eigenvalue weighted by atomic mass is 10.2. The Bertz CT molecular complexity index is 420. The number of nitrogens with one attached hydrogen (secondary N) is 2. The molecule has 1 aromatic heterocycles. The molecular formula is C15H26N4O. The van der Waals surface area contributed by atoms with E-state index in [2.05, 4.69) is 42.5 Å². The van der Waals surface area contributed by atoms with Crippen molar-refractivity contribution in [3.05, 3.63) is 23.9 Å². The van der Waals surface area contributed by atoms with E-state index in [0.29, 0.717) is 12.6 Å². The number of anilines is 1. The van der Waals surface area contributed by atoms with E-state index < -0.39 is 0 Å². The van der Waals surface area contributed by atoms with E-state index in [4.69, 9.17) is 0 Å². The molecule has 0 atom stereocenters. The van der Waals surface area contributed by atoms with Gasteiger partial charge in [-0.25, -0.2) is 4.98 Å². The Hall–Kier alpha value is -1.62. The second kappa shape index (κ2) is 8.53. The first-order valence-corrected chi connectivity index (χ1v) is 7.21. The Labute approximate surface area is 121 Å². The average molecular weight is 278 g/mol. The maximum Gasteiger partial charge on any atom is 0.239 e. The number of nitrogens with zero attached hydrogens (tertiary/aromatic N) is 2. The highest BCUT2D eigenvalue weighted by Crippen LogP contribution is 2.17. The number of amides is 1. The lowest BCUT2D eigenvalue weighted by molar-refractivity contribution is -0.119. The second-order valence-corrected chi connectivity index (χ2v) is 5.12. The SMILES string of the molecule is CCCN(CC(=O)NC)c1ncccc1CNC(C)C. The quantitative estimate of drug-likeness (QED) is 0.757. The van der Waals surface area contributed by atoms with Crippen molar-refractivity contribution in [1.29, 1.82) is 0 Å². The number of hydrogen-bond donors (Lipinski definition) is 2. The smallest absolute Gasteiger partial charge is 0.239 e. The van der Waals surface area contributed by atoms with Gasteiger partial charge < -0.3 is 15.5 Å². The number of likely N-dealkylation sites (N-methyl/N-ethyl adjacent to an activating group) is 1. The Morgan fingerprint density at radius 2 is 2.20 bits per heavy atom. The molecule has 0 aliphatic heterocycles. The second-order valence-electron chi connectivity index (χ2n) is 5.12. The van der Waals surface area contributed by atoms with E-state index >= 15 is 0 Å². The van der Waals surface area contributed by atoms with Gasteiger partial charge in [0.25, 0.3) is 0 Å². The summed E-state index contributed by atoms with van der Waals surface area (Å²) in [5.41, 5.74) is 1.12. The summed E-state index contributed by atoms with van der Waals surface area (Å²) in [7, 11) is 1.66. The molecule has 112 valence electrons. The Balaban J connectivity index is 2.90. The molecule has 0 fully saturated rings. The number of pyridine rings is 1. The van der Waals surface area contributed by atoms with Crippen molar-refractivity contribution >= 4 is 11.7 Å². The van der Waals surface area contributed by atoms with Crippen molar-refractivity contribution in [2.24, 2.45) is 0 Å². The molecule has 0 saturated heterocycles. The molecule has 2 N–H and O–H groups in total. The topological polar surface area (TPSA) is 57.3 Å². The summed E-state index contributed by atoms with van der Waals surface area (Å²) in [5, 5.41) is 6.07. The molecular weight excluding hydrogens is 252 g/mol. The Morgan fingerprint density at radius 1 is 1.45 bits per heavy atom. The number of aromatic nitrogens is 1.